The standard InChI is InChI=1S/C16H16N2O2S2/c1-10(9-12(19)14-7-4-8-21-14)17-15(20)16-18-11-5-2-3-6-13(11)22-16/h2-8,10,12,19H,9H2,1H3,(H,17,20). The van der Waals surface area contributed by atoms with E-state index in [4.69, 9.17) is 0 Å². The minimum absolute atomic E-state index is 0.128. The maximum absolute atomic E-state index is 12.3. The summed E-state index contributed by atoms with van der Waals surface area (Å²) in [6.45, 7) is 1.89. The van der Waals surface area contributed by atoms with Gasteiger partial charge in [-0.25, -0.2) is 4.98 Å². The normalized spacial score (nSPS) is 13.9. The number of benzene rings is 1. The van der Waals surface area contributed by atoms with Crippen LogP contribution in [0.15, 0.2) is 41.8 Å². The van der Waals surface area contributed by atoms with Gasteiger partial charge < -0.3 is 10.4 Å². The monoisotopic (exact) mass is 332 g/mol. The zero-order valence-electron chi connectivity index (χ0n) is 12.0. The summed E-state index contributed by atoms with van der Waals surface area (Å²) in [7, 11) is 0. The highest BCUT2D eigenvalue weighted by atomic mass is 32.1. The van der Waals surface area contributed by atoms with Crippen LogP contribution in [-0.2, 0) is 0 Å². The molecule has 2 N–H and O–H groups in total. The quantitative estimate of drug-likeness (QED) is 0.750. The van der Waals surface area contributed by atoms with E-state index < -0.39 is 6.10 Å². The van der Waals surface area contributed by atoms with E-state index in [1.165, 1.54) is 22.7 Å². The lowest BCUT2D eigenvalue weighted by atomic mass is 10.1. The molecule has 22 heavy (non-hydrogen) atoms. The molecule has 0 aliphatic carbocycles. The number of carbonyl (C=O) groups is 1. The van der Waals surface area contributed by atoms with Gasteiger partial charge in [-0.15, -0.1) is 22.7 Å². The fourth-order valence-corrected chi connectivity index (χ4v) is 3.84. The second kappa shape index (κ2) is 6.56. The first-order valence-electron chi connectivity index (χ1n) is 7.01. The van der Waals surface area contributed by atoms with Crippen molar-refractivity contribution in [1.82, 2.24) is 10.3 Å². The average Bonchev–Trinajstić information content (AvgIpc) is 3.16. The highest BCUT2D eigenvalue weighted by Gasteiger charge is 2.18. The van der Waals surface area contributed by atoms with Crippen LogP contribution in [0.3, 0.4) is 0 Å². The molecule has 6 heteroatoms. The molecule has 0 radical (unpaired) electrons. The van der Waals surface area contributed by atoms with Crippen molar-refractivity contribution >= 4 is 38.8 Å². The third kappa shape index (κ3) is 3.35. The summed E-state index contributed by atoms with van der Waals surface area (Å²) in [4.78, 5) is 17.5. The van der Waals surface area contributed by atoms with E-state index in [0.717, 1.165) is 15.1 Å². The Morgan fingerprint density at radius 1 is 1.32 bits per heavy atom. The molecule has 1 amide bonds. The fraction of sp³-hybridized carbons (Fsp3) is 0.250. The largest absolute Gasteiger partial charge is 0.387 e. The van der Waals surface area contributed by atoms with Crippen molar-refractivity contribution in [2.45, 2.75) is 25.5 Å². The predicted molar refractivity (Wildman–Crippen MR) is 90.4 cm³/mol. The van der Waals surface area contributed by atoms with E-state index in [-0.39, 0.29) is 11.9 Å². The van der Waals surface area contributed by atoms with Gasteiger partial charge in [0.25, 0.3) is 5.91 Å². The van der Waals surface area contributed by atoms with Gasteiger partial charge in [0.15, 0.2) is 5.01 Å². The second-order valence-electron chi connectivity index (χ2n) is 5.13. The summed E-state index contributed by atoms with van der Waals surface area (Å²) >= 11 is 2.90. The number of nitrogens with zero attached hydrogens (tertiary/aromatic N) is 1. The topological polar surface area (TPSA) is 62.2 Å². The van der Waals surface area contributed by atoms with Crippen molar-refractivity contribution < 1.29 is 9.90 Å². The maximum atomic E-state index is 12.3. The summed E-state index contributed by atoms with van der Waals surface area (Å²) in [5, 5.41) is 15.4. The van der Waals surface area contributed by atoms with Crippen LogP contribution in [0.2, 0.25) is 0 Å². The van der Waals surface area contributed by atoms with E-state index in [9.17, 15) is 9.90 Å². The van der Waals surface area contributed by atoms with E-state index in [1.807, 2.05) is 48.7 Å². The number of thiophene rings is 1. The Morgan fingerprint density at radius 2 is 2.14 bits per heavy atom. The number of aliphatic hydroxyl groups is 1. The molecule has 0 saturated carbocycles. The van der Waals surface area contributed by atoms with Crippen LogP contribution < -0.4 is 5.32 Å². The number of aromatic nitrogens is 1. The predicted octanol–water partition coefficient (Wildman–Crippen LogP) is 3.60. The van der Waals surface area contributed by atoms with Gasteiger partial charge in [-0.1, -0.05) is 18.2 Å². The van der Waals surface area contributed by atoms with Crippen LogP contribution in [0.1, 0.15) is 34.1 Å². The molecule has 0 aliphatic heterocycles. The molecule has 1 aromatic carbocycles. The van der Waals surface area contributed by atoms with Gasteiger partial charge in [-0.3, -0.25) is 4.79 Å². The first kappa shape index (κ1) is 15.1. The zero-order chi connectivity index (χ0) is 15.5. The number of nitrogens with one attached hydrogen (secondary N) is 1. The number of thiazole rings is 1. The molecule has 0 fully saturated rings. The molecule has 0 aliphatic rings. The number of para-hydroxylation sites is 1. The Kier molecular flexibility index (Phi) is 4.52. The van der Waals surface area contributed by atoms with Gasteiger partial charge in [0.05, 0.1) is 16.3 Å². The molecule has 114 valence electrons. The molecule has 3 aromatic rings. The lowest BCUT2D eigenvalue weighted by molar-refractivity contribution is 0.0918. The average molecular weight is 332 g/mol. The highest BCUT2D eigenvalue weighted by molar-refractivity contribution is 7.20. The van der Waals surface area contributed by atoms with Crippen molar-refractivity contribution in [3.63, 3.8) is 0 Å². The molecular weight excluding hydrogens is 316 g/mol. The summed E-state index contributed by atoms with van der Waals surface area (Å²) < 4.78 is 0.999. The van der Waals surface area contributed by atoms with Crippen LogP contribution in [-0.4, -0.2) is 22.0 Å². The highest BCUT2D eigenvalue weighted by Crippen LogP contribution is 2.24. The Hall–Kier alpha value is -1.76. The minimum Gasteiger partial charge on any atom is -0.387 e. The third-order valence-electron chi connectivity index (χ3n) is 3.31. The van der Waals surface area contributed by atoms with Crippen LogP contribution in [0.5, 0.6) is 0 Å². The summed E-state index contributed by atoms with van der Waals surface area (Å²) in [5.41, 5.74) is 0.837. The Labute approximate surface area is 136 Å². The van der Waals surface area contributed by atoms with Gasteiger partial charge in [-0.05, 0) is 36.9 Å². The summed E-state index contributed by atoms with van der Waals surface area (Å²) in [6.07, 6.45) is -0.0670. The van der Waals surface area contributed by atoms with Gasteiger partial charge >= 0.3 is 0 Å². The van der Waals surface area contributed by atoms with Gasteiger partial charge in [0.2, 0.25) is 0 Å². The number of hydrogen-bond donors (Lipinski definition) is 2. The molecule has 2 aromatic heterocycles. The summed E-state index contributed by atoms with van der Waals surface area (Å²) in [5.74, 6) is -0.188. The van der Waals surface area contributed by atoms with Crippen molar-refractivity contribution in [1.29, 1.82) is 0 Å². The fourth-order valence-electron chi connectivity index (χ4n) is 2.25. The van der Waals surface area contributed by atoms with E-state index >= 15 is 0 Å². The number of fused-ring (bicyclic) bond motifs is 1. The smallest absolute Gasteiger partial charge is 0.280 e. The molecule has 3 rings (SSSR count). The van der Waals surface area contributed by atoms with Crippen LogP contribution in [0.25, 0.3) is 10.2 Å². The van der Waals surface area contributed by atoms with Crippen molar-refractivity contribution in [2.75, 3.05) is 0 Å². The Bertz CT molecular complexity index is 734. The van der Waals surface area contributed by atoms with Crippen molar-refractivity contribution in [3.8, 4) is 0 Å². The lowest BCUT2D eigenvalue weighted by Crippen LogP contribution is -2.33. The third-order valence-corrected chi connectivity index (χ3v) is 5.32. The Balaban J connectivity index is 1.63. The van der Waals surface area contributed by atoms with Crippen LogP contribution in [0, 0.1) is 0 Å². The zero-order valence-corrected chi connectivity index (χ0v) is 13.7. The first-order chi connectivity index (χ1) is 10.6. The molecule has 0 saturated heterocycles. The van der Waals surface area contributed by atoms with E-state index in [1.54, 1.807) is 0 Å². The number of amides is 1. The van der Waals surface area contributed by atoms with E-state index in [2.05, 4.69) is 10.3 Å². The van der Waals surface area contributed by atoms with Gasteiger partial charge in [0, 0.05) is 10.9 Å². The number of carbonyl (C=O) groups excluding carboxylic acids is 1. The molecule has 2 atom stereocenters. The molecule has 0 bridgehead atoms. The molecule has 2 heterocycles. The van der Waals surface area contributed by atoms with Crippen molar-refractivity contribution in [3.05, 3.63) is 51.7 Å². The molecule has 0 spiro atoms. The van der Waals surface area contributed by atoms with Gasteiger partial charge in [0.1, 0.15) is 0 Å². The SMILES string of the molecule is CC(CC(O)c1cccs1)NC(=O)c1nc2ccccc2s1. The minimum atomic E-state index is -0.550. The van der Waals surface area contributed by atoms with Crippen LogP contribution >= 0.6 is 22.7 Å². The summed E-state index contributed by atoms with van der Waals surface area (Å²) in [6, 6.07) is 11.4. The molecule has 2 unspecified atom stereocenters. The number of rotatable bonds is 5. The van der Waals surface area contributed by atoms with E-state index in [0.29, 0.717) is 11.4 Å². The van der Waals surface area contributed by atoms with Crippen molar-refractivity contribution in [2.24, 2.45) is 0 Å². The number of hydrogen-bond acceptors (Lipinski definition) is 5. The Morgan fingerprint density at radius 3 is 2.86 bits per heavy atom. The number of aliphatic hydroxyl groups excluding tert-OH is 1. The second-order valence-corrected chi connectivity index (χ2v) is 7.14. The van der Waals surface area contributed by atoms with Gasteiger partial charge in [-0.2, -0.15) is 0 Å². The molecule has 4 nitrogen and oxygen atoms in total. The van der Waals surface area contributed by atoms with Crippen LogP contribution in [0.4, 0.5) is 0 Å². The first-order valence-corrected chi connectivity index (χ1v) is 8.71. The molecular formula is C16H16N2O2S2. The lowest BCUT2D eigenvalue weighted by Gasteiger charge is -2.16. The maximum Gasteiger partial charge on any atom is 0.280 e.